The van der Waals surface area contributed by atoms with Crippen LogP contribution in [-0.2, 0) is 4.74 Å². The summed E-state index contributed by atoms with van der Waals surface area (Å²) in [6, 6.07) is 0.735. The van der Waals surface area contributed by atoms with Crippen LogP contribution in [0.15, 0.2) is 0 Å². The predicted molar refractivity (Wildman–Crippen MR) is 83.9 cm³/mol. The Balaban J connectivity index is 1.60. The van der Waals surface area contributed by atoms with Crippen molar-refractivity contribution in [3.63, 3.8) is 0 Å². The fraction of sp³-hybridized carbons (Fsp3) is 1.00. The summed E-state index contributed by atoms with van der Waals surface area (Å²) < 4.78 is 6.63. The highest BCUT2D eigenvalue weighted by atomic mass is 16.5. The highest BCUT2D eigenvalue weighted by Crippen LogP contribution is 2.54. The van der Waals surface area contributed by atoms with Gasteiger partial charge in [-0.05, 0) is 44.6 Å². The topological polar surface area (TPSA) is 21.3 Å². The van der Waals surface area contributed by atoms with E-state index < -0.39 is 0 Å². The fourth-order valence-corrected chi connectivity index (χ4v) is 5.09. The molecule has 4 atom stereocenters. The number of hydrogen-bond acceptors (Lipinski definition) is 2. The molecule has 20 heavy (non-hydrogen) atoms. The van der Waals surface area contributed by atoms with Gasteiger partial charge in [-0.1, -0.05) is 46.0 Å². The monoisotopic (exact) mass is 279 g/mol. The van der Waals surface area contributed by atoms with Gasteiger partial charge in [-0.2, -0.15) is 0 Å². The van der Waals surface area contributed by atoms with Crippen molar-refractivity contribution >= 4 is 0 Å². The lowest BCUT2D eigenvalue weighted by atomic mass is 9.55. The average Bonchev–Trinajstić information content (AvgIpc) is 2.47. The van der Waals surface area contributed by atoms with Crippen molar-refractivity contribution in [2.45, 2.75) is 96.3 Å². The van der Waals surface area contributed by atoms with Gasteiger partial charge < -0.3 is 10.1 Å². The van der Waals surface area contributed by atoms with Crippen LogP contribution in [0.1, 0.15) is 78.1 Å². The number of nitrogens with one attached hydrogen (secondary N) is 1. The summed E-state index contributed by atoms with van der Waals surface area (Å²) in [5.41, 5.74) is 0.495. The minimum Gasteiger partial charge on any atom is -0.374 e. The zero-order valence-corrected chi connectivity index (χ0v) is 13.5. The lowest BCUT2D eigenvalue weighted by Crippen LogP contribution is -2.65. The highest BCUT2D eigenvalue weighted by Gasteiger charge is 2.55. The van der Waals surface area contributed by atoms with E-state index in [1.54, 1.807) is 0 Å². The Morgan fingerprint density at radius 3 is 2.55 bits per heavy atom. The van der Waals surface area contributed by atoms with Gasteiger partial charge in [0, 0.05) is 11.5 Å². The van der Waals surface area contributed by atoms with Crippen molar-refractivity contribution in [3.8, 4) is 0 Å². The Kier molecular flexibility index (Phi) is 4.72. The van der Waals surface area contributed by atoms with E-state index in [0.29, 0.717) is 17.6 Å². The van der Waals surface area contributed by atoms with Gasteiger partial charge in [0.25, 0.3) is 0 Å². The molecule has 3 saturated carbocycles. The van der Waals surface area contributed by atoms with Gasteiger partial charge in [-0.25, -0.2) is 0 Å². The van der Waals surface area contributed by atoms with Crippen molar-refractivity contribution in [3.05, 3.63) is 0 Å². The fourth-order valence-electron chi connectivity index (χ4n) is 5.09. The lowest BCUT2D eigenvalue weighted by Gasteiger charge is -2.59. The molecular weight excluding hydrogens is 246 g/mol. The third kappa shape index (κ3) is 2.78. The van der Waals surface area contributed by atoms with Crippen molar-refractivity contribution in [1.82, 2.24) is 5.32 Å². The van der Waals surface area contributed by atoms with Crippen molar-refractivity contribution < 1.29 is 4.74 Å². The van der Waals surface area contributed by atoms with Gasteiger partial charge in [0.1, 0.15) is 0 Å². The third-order valence-corrected chi connectivity index (χ3v) is 6.26. The van der Waals surface area contributed by atoms with Crippen molar-refractivity contribution in [2.24, 2.45) is 11.3 Å². The Labute approximate surface area is 125 Å². The first kappa shape index (κ1) is 14.8. The second-order valence-corrected chi connectivity index (χ2v) is 7.66. The summed E-state index contributed by atoms with van der Waals surface area (Å²) in [4.78, 5) is 0. The van der Waals surface area contributed by atoms with E-state index >= 15 is 0 Å². The summed E-state index contributed by atoms with van der Waals surface area (Å²) in [6.07, 6.45) is 14.9. The van der Waals surface area contributed by atoms with E-state index in [1.807, 2.05) is 0 Å². The van der Waals surface area contributed by atoms with Crippen LogP contribution in [0.25, 0.3) is 0 Å². The highest BCUT2D eigenvalue weighted by molar-refractivity contribution is 5.09. The molecule has 1 spiro atoms. The second kappa shape index (κ2) is 6.36. The first-order chi connectivity index (χ1) is 9.74. The molecule has 0 aromatic carbocycles. The molecule has 0 heterocycles. The molecule has 0 aromatic rings. The molecule has 4 unspecified atom stereocenters. The molecule has 1 N–H and O–H groups in total. The summed E-state index contributed by atoms with van der Waals surface area (Å²) in [5, 5.41) is 3.74. The minimum absolute atomic E-state index is 0.495. The maximum atomic E-state index is 6.63. The van der Waals surface area contributed by atoms with E-state index in [2.05, 4.69) is 19.2 Å². The van der Waals surface area contributed by atoms with Crippen LogP contribution in [0.3, 0.4) is 0 Å². The summed E-state index contributed by atoms with van der Waals surface area (Å²) in [5.74, 6) is 0.876. The third-order valence-electron chi connectivity index (χ3n) is 6.26. The normalized spacial score (nSPS) is 40.5. The SMILES string of the molecule is CCNC1CC(OC2CCCC(C)C2)C12CCCCC2. The Hall–Kier alpha value is -0.0800. The van der Waals surface area contributed by atoms with E-state index in [4.69, 9.17) is 4.74 Å². The number of hydrogen-bond donors (Lipinski definition) is 1. The maximum Gasteiger partial charge on any atom is 0.0665 e. The van der Waals surface area contributed by atoms with Crippen LogP contribution in [0, 0.1) is 11.3 Å². The van der Waals surface area contributed by atoms with Crippen LogP contribution in [0.5, 0.6) is 0 Å². The van der Waals surface area contributed by atoms with Crippen LogP contribution in [0.2, 0.25) is 0 Å². The zero-order valence-electron chi connectivity index (χ0n) is 13.5. The van der Waals surface area contributed by atoms with Gasteiger partial charge in [0.2, 0.25) is 0 Å². The molecule has 0 aromatic heterocycles. The van der Waals surface area contributed by atoms with Crippen LogP contribution in [0.4, 0.5) is 0 Å². The minimum atomic E-state index is 0.495. The molecule has 0 bridgehead atoms. The molecular formula is C18H33NO. The lowest BCUT2D eigenvalue weighted by molar-refractivity contribution is -0.183. The van der Waals surface area contributed by atoms with E-state index in [0.717, 1.165) is 18.5 Å². The molecule has 3 aliphatic carbocycles. The zero-order chi connectivity index (χ0) is 14.0. The first-order valence-corrected chi connectivity index (χ1v) is 9.13. The standard InChI is InChI=1S/C18H33NO/c1-3-19-16-13-17(18(16)10-5-4-6-11-18)20-15-9-7-8-14(2)12-15/h14-17,19H,3-13H2,1-2H3. The molecule has 3 rings (SSSR count). The number of rotatable bonds is 4. The smallest absolute Gasteiger partial charge is 0.0665 e. The molecule has 2 heteroatoms. The average molecular weight is 279 g/mol. The quantitative estimate of drug-likeness (QED) is 0.829. The maximum absolute atomic E-state index is 6.63. The van der Waals surface area contributed by atoms with Gasteiger partial charge in [-0.15, -0.1) is 0 Å². The van der Waals surface area contributed by atoms with E-state index in [9.17, 15) is 0 Å². The Morgan fingerprint density at radius 1 is 1.05 bits per heavy atom. The van der Waals surface area contributed by atoms with Gasteiger partial charge >= 0.3 is 0 Å². The molecule has 3 aliphatic rings. The van der Waals surface area contributed by atoms with Crippen LogP contribution in [-0.4, -0.2) is 24.8 Å². The van der Waals surface area contributed by atoms with Gasteiger partial charge in [-0.3, -0.25) is 0 Å². The molecule has 0 amide bonds. The largest absolute Gasteiger partial charge is 0.374 e. The molecule has 0 radical (unpaired) electrons. The summed E-state index contributed by atoms with van der Waals surface area (Å²) >= 11 is 0. The van der Waals surface area contributed by atoms with E-state index in [-0.39, 0.29) is 0 Å². The molecule has 2 nitrogen and oxygen atoms in total. The molecule has 3 fully saturated rings. The summed E-state index contributed by atoms with van der Waals surface area (Å²) in [6.45, 7) is 5.75. The molecule has 116 valence electrons. The first-order valence-electron chi connectivity index (χ1n) is 9.13. The van der Waals surface area contributed by atoms with E-state index in [1.165, 1.54) is 64.2 Å². The predicted octanol–water partition coefficient (Wildman–Crippen LogP) is 4.28. The van der Waals surface area contributed by atoms with Crippen LogP contribution >= 0.6 is 0 Å². The molecule has 0 aliphatic heterocycles. The van der Waals surface area contributed by atoms with Crippen molar-refractivity contribution in [2.75, 3.05) is 6.54 Å². The Morgan fingerprint density at radius 2 is 1.85 bits per heavy atom. The van der Waals surface area contributed by atoms with Gasteiger partial charge in [0.15, 0.2) is 0 Å². The second-order valence-electron chi connectivity index (χ2n) is 7.66. The van der Waals surface area contributed by atoms with Crippen molar-refractivity contribution in [1.29, 1.82) is 0 Å². The van der Waals surface area contributed by atoms with Gasteiger partial charge in [0.05, 0.1) is 12.2 Å². The molecule has 0 saturated heterocycles. The Bertz CT molecular complexity index is 311. The van der Waals surface area contributed by atoms with Crippen LogP contribution < -0.4 is 5.32 Å². The summed E-state index contributed by atoms with van der Waals surface area (Å²) in [7, 11) is 0. The number of ether oxygens (including phenoxy) is 1.